The molecule has 0 fully saturated rings. The summed E-state index contributed by atoms with van der Waals surface area (Å²) in [7, 11) is 0. The van der Waals surface area contributed by atoms with Crippen LogP contribution in [0.3, 0.4) is 0 Å². The van der Waals surface area contributed by atoms with Crippen LogP contribution in [-0.2, 0) is 6.42 Å². The van der Waals surface area contributed by atoms with Gasteiger partial charge < -0.3 is 11.1 Å². The van der Waals surface area contributed by atoms with Gasteiger partial charge in [-0.1, -0.05) is 31.5 Å². The normalized spacial score (nSPS) is 10.8. The number of anilines is 3. The number of nitrogens with two attached hydrogens (primary N) is 1. The van der Waals surface area contributed by atoms with Gasteiger partial charge >= 0.3 is 0 Å². The Morgan fingerprint density at radius 1 is 1.15 bits per heavy atom. The zero-order valence-corrected chi connectivity index (χ0v) is 12.2. The molecule has 0 aliphatic heterocycles. The lowest BCUT2D eigenvalue weighted by molar-refractivity contribution is 0.923. The quantitative estimate of drug-likeness (QED) is 0.689. The van der Waals surface area contributed by atoms with Crippen molar-refractivity contribution in [2.45, 2.75) is 19.8 Å². The van der Waals surface area contributed by atoms with E-state index in [0.29, 0.717) is 0 Å². The average molecular weight is 283 g/mol. The minimum absolute atomic E-state index is 0.718. The molecular weight excluding hydrogens is 266 g/mol. The summed E-state index contributed by atoms with van der Waals surface area (Å²) in [5, 5.41) is 3.45. The number of aryl methyl sites for hydroxylation is 1. The van der Waals surface area contributed by atoms with Crippen LogP contribution < -0.4 is 11.1 Å². The Labute approximate surface area is 122 Å². The number of para-hydroxylation sites is 1. The summed E-state index contributed by atoms with van der Waals surface area (Å²) in [5.41, 5.74) is 13.0. The molecule has 1 aromatic heterocycles. The van der Waals surface area contributed by atoms with Gasteiger partial charge in [0.1, 0.15) is 5.52 Å². The van der Waals surface area contributed by atoms with E-state index in [1.807, 2.05) is 17.6 Å². The van der Waals surface area contributed by atoms with Crippen LogP contribution in [0.5, 0.6) is 0 Å². The lowest BCUT2D eigenvalue weighted by Crippen LogP contribution is -1.99. The molecular formula is C16H17N3S. The van der Waals surface area contributed by atoms with E-state index in [1.54, 1.807) is 11.3 Å². The molecule has 20 heavy (non-hydrogen) atoms. The number of nitrogen functional groups attached to an aromatic ring is 1. The molecule has 3 aromatic rings. The van der Waals surface area contributed by atoms with Crippen LogP contribution in [0.2, 0.25) is 0 Å². The molecule has 0 aliphatic rings. The van der Waals surface area contributed by atoms with Crippen molar-refractivity contribution in [3.05, 3.63) is 47.5 Å². The minimum Gasteiger partial charge on any atom is -0.395 e. The molecule has 3 nitrogen and oxygen atoms in total. The molecule has 102 valence electrons. The summed E-state index contributed by atoms with van der Waals surface area (Å²) in [4.78, 5) is 4.33. The van der Waals surface area contributed by atoms with Crippen LogP contribution >= 0.6 is 11.3 Å². The third kappa shape index (κ3) is 2.34. The molecule has 0 saturated heterocycles. The largest absolute Gasteiger partial charge is 0.395 e. The van der Waals surface area contributed by atoms with Gasteiger partial charge in [0.2, 0.25) is 0 Å². The van der Waals surface area contributed by atoms with Gasteiger partial charge in [-0.05, 0) is 30.2 Å². The van der Waals surface area contributed by atoms with E-state index in [1.165, 1.54) is 5.56 Å². The van der Waals surface area contributed by atoms with E-state index in [0.717, 1.165) is 40.1 Å². The van der Waals surface area contributed by atoms with Crippen molar-refractivity contribution >= 4 is 38.6 Å². The Morgan fingerprint density at radius 3 is 2.85 bits per heavy atom. The molecule has 2 aromatic carbocycles. The number of thiazole rings is 1. The highest BCUT2D eigenvalue weighted by atomic mass is 32.1. The molecule has 0 atom stereocenters. The van der Waals surface area contributed by atoms with Crippen molar-refractivity contribution in [3.8, 4) is 0 Å². The van der Waals surface area contributed by atoms with Crippen LogP contribution in [0.25, 0.3) is 10.2 Å². The van der Waals surface area contributed by atoms with Crippen molar-refractivity contribution < 1.29 is 0 Å². The first kappa shape index (κ1) is 12.9. The summed E-state index contributed by atoms with van der Waals surface area (Å²) >= 11 is 1.61. The first-order chi connectivity index (χ1) is 9.79. The predicted molar refractivity (Wildman–Crippen MR) is 87.8 cm³/mol. The Kier molecular flexibility index (Phi) is 3.56. The minimum atomic E-state index is 0.718. The standard InChI is InChI=1S/C16H17N3S/c1-2-5-11-6-3-4-7-12(11)19-13-8-9-14-16(15(13)17)18-10-20-14/h3-4,6-10,19H,2,5,17H2,1H3. The Morgan fingerprint density at radius 2 is 2.00 bits per heavy atom. The Bertz CT molecular complexity index is 733. The second kappa shape index (κ2) is 5.51. The number of aromatic nitrogens is 1. The molecule has 3 rings (SSSR count). The Hall–Kier alpha value is -2.07. The van der Waals surface area contributed by atoms with Gasteiger partial charge in [0, 0.05) is 5.69 Å². The average Bonchev–Trinajstić information content (AvgIpc) is 2.93. The fourth-order valence-electron chi connectivity index (χ4n) is 2.34. The summed E-state index contributed by atoms with van der Waals surface area (Å²) < 4.78 is 1.12. The van der Waals surface area contributed by atoms with Gasteiger partial charge in [0.05, 0.1) is 21.6 Å². The zero-order valence-electron chi connectivity index (χ0n) is 11.4. The molecule has 0 bridgehead atoms. The number of hydrogen-bond donors (Lipinski definition) is 2. The number of benzene rings is 2. The van der Waals surface area contributed by atoms with Gasteiger partial charge in [-0.2, -0.15) is 0 Å². The molecule has 1 heterocycles. The van der Waals surface area contributed by atoms with Crippen LogP contribution in [0.4, 0.5) is 17.1 Å². The lowest BCUT2D eigenvalue weighted by Gasteiger charge is -2.13. The molecule has 0 amide bonds. The summed E-state index contributed by atoms with van der Waals surface area (Å²) in [6, 6.07) is 12.5. The van der Waals surface area contributed by atoms with Gasteiger partial charge in [-0.3, -0.25) is 0 Å². The third-order valence-corrected chi connectivity index (χ3v) is 4.14. The zero-order chi connectivity index (χ0) is 13.9. The molecule has 3 N–H and O–H groups in total. The highest BCUT2D eigenvalue weighted by Gasteiger charge is 2.08. The van der Waals surface area contributed by atoms with Crippen molar-refractivity contribution in [1.29, 1.82) is 0 Å². The van der Waals surface area contributed by atoms with Crippen molar-refractivity contribution in [1.82, 2.24) is 4.98 Å². The van der Waals surface area contributed by atoms with Crippen LogP contribution in [0, 0.1) is 0 Å². The maximum Gasteiger partial charge on any atom is 0.106 e. The monoisotopic (exact) mass is 283 g/mol. The van der Waals surface area contributed by atoms with E-state index in [2.05, 4.69) is 41.5 Å². The Balaban J connectivity index is 1.99. The smallest absolute Gasteiger partial charge is 0.106 e. The predicted octanol–water partition coefficient (Wildman–Crippen LogP) is 4.57. The second-order valence-electron chi connectivity index (χ2n) is 4.76. The molecule has 0 saturated carbocycles. The summed E-state index contributed by atoms with van der Waals surface area (Å²) in [6.45, 7) is 2.19. The van der Waals surface area contributed by atoms with Crippen LogP contribution in [0.1, 0.15) is 18.9 Å². The van der Waals surface area contributed by atoms with E-state index in [4.69, 9.17) is 5.73 Å². The molecule has 0 spiro atoms. The fraction of sp³-hybridized carbons (Fsp3) is 0.188. The highest BCUT2D eigenvalue weighted by molar-refractivity contribution is 7.16. The lowest BCUT2D eigenvalue weighted by atomic mass is 10.1. The van der Waals surface area contributed by atoms with Gasteiger partial charge in [-0.25, -0.2) is 4.98 Å². The van der Waals surface area contributed by atoms with E-state index >= 15 is 0 Å². The molecule has 0 unspecified atom stereocenters. The van der Waals surface area contributed by atoms with Crippen molar-refractivity contribution in [2.75, 3.05) is 11.1 Å². The highest BCUT2D eigenvalue weighted by Crippen LogP contribution is 2.32. The first-order valence-corrected chi connectivity index (χ1v) is 7.64. The SMILES string of the molecule is CCCc1ccccc1Nc1ccc2scnc2c1N. The maximum atomic E-state index is 6.22. The van der Waals surface area contributed by atoms with Gasteiger partial charge in [0.15, 0.2) is 0 Å². The number of nitrogens with one attached hydrogen (secondary N) is 1. The van der Waals surface area contributed by atoms with Crippen molar-refractivity contribution in [3.63, 3.8) is 0 Å². The molecule has 0 radical (unpaired) electrons. The third-order valence-electron chi connectivity index (χ3n) is 3.35. The number of hydrogen-bond acceptors (Lipinski definition) is 4. The number of rotatable bonds is 4. The van der Waals surface area contributed by atoms with E-state index < -0.39 is 0 Å². The number of nitrogens with zero attached hydrogens (tertiary/aromatic N) is 1. The van der Waals surface area contributed by atoms with E-state index in [-0.39, 0.29) is 0 Å². The summed E-state index contributed by atoms with van der Waals surface area (Å²) in [6.07, 6.45) is 2.18. The van der Waals surface area contributed by atoms with Crippen molar-refractivity contribution in [2.24, 2.45) is 0 Å². The fourth-order valence-corrected chi connectivity index (χ4v) is 3.03. The maximum absolute atomic E-state index is 6.22. The topological polar surface area (TPSA) is 50.9 Å². The molecule has 4 heteroatoms. The van der Waals surface area contributed by atoms with Gasteiger partial charge in [-0.15, -0.1) is 11.3 Å². The van der Waals surface area contributed by atoms with Gasteiger partial charge in [0.25, 0.3) is 0 Å². The second-order valence-corrected chi connectivity index (χ2v) is 5.64. The summed E-state index contributed by atoms with van der Waals surface area (Å²) in [5.74, 6) is 0. The van der Waals surface area contributed by atoms with Crippen LogP contribution in [-0.4, -0.2) is 4.98 Å². The van der Waals surface area contributed by atoms with E-state index in [9.17, 15) is 0 Å². The van der Waals surface area contributed by atoms with Crippen LogP contribution in [0.15, 0.2) is 41.9 Å². The first-order valence-electron chi connectivity index (χ1n) is 6.76. The molecule has 0 aliphatic carbocycles. The number of fused-ring (bicyclic) bond motifs is 1.